The van der Waals surface area contributed by atoms with E-state index >= 15 is 0 Å². The molecule has 0 atom stereocenters. The Labute approximate surface area is 171 Å². The lowest BCUT2D eigenvalue weighted by Crippen LogP contribution is -2.16. The van der Waals surface area contributed by atoms with E-state index in [0.29, 0.717) is 6.08 Å². The lowest BCUT2D eigenvalue weighted by molar-refractivity contribution is -0.138. The van der Waals surface area contributed by atoms with Gasteiger partial charge in [0.2, 0.25) is 0 Å². The largest absolute Gasteiger partial charge is 0.466 e. The van der Waals surface area contributed by atoms with Crippen molar-refractivity contribution in [2.45, 2.75) is 6.18 Å². The van der Waals surface area contributed by atoms with Gasteiger partial charge in [-0.3, -0.25) is 0 Å². The van der Waals surface area contributed by atoms with Crippen LogP contribution in [0.5, 0.6) is 11.5 Å². The first-order valence-corrected chi connectivity index (χ1v) is 8.15. The fraction of sp³-hybridized carbons (Fsp3) is 0.158. The van der Waals surface area contributed by atoms with Gasteiger partial charge in [-0.15, -0.1) is 0 Å². The Balaban J connectivity index is 2.50. The summed E-state index contributed by atoms with van der Waals surface area (Å²) in [4.78, 5) is 23.3. The molecule has 0 aliphatic heterocycles. The zero-order valence-corrected chi connectivity index (χ0v) is 15.8. The highest BCUT2D eigenvalue weighted by molar-refractivity contribution is 5.99. The molecule has 0 aliphatic carbocycles. The minimum atomic E-state index is -5.01. The molecule has 1 N–H and O–H groups in total. The number of rotatable bonds is 6. The number of methoxy groups -OCH3 is 2. The second-order valence-electron chi connectivity index (χ2n) is 5.68. The van der Waals surface area contributed by atoms with Crippen LogP contribution in [-0.4, -0.2) is 26.2 Å². The Morgan fingerprint density at radius 2 is 1.58 bits per heavy atom. The predicted molar refractivity (Wildman–Crippen MR) is 93.6 cm³/mol. The number of esters is 2. The van der Waals surface area contributed by atoms with Crippen molar-refractivity contribution >= 4 is 17.6 Å². The topological polar surface area (TPSA) is 73.9 Å². The summed E-state index contributed by atoms with van der Waals surface area (Å²) in [7, 11) is 1.96. The van der Waals surface area contributed by atoms with Crippen molar-refractivity contribution in [1.29, 1.82) is 0 Å². The number of carbonyl (C=O) groups is 2. The van der Waals surface area contributed by atoms with Crippen LogP contribution in [0.2, 0.25) is 0 Å². The van der Waals surface area contributed by atoms with Crippen LogP contribution >= 0.6 is 0 Å². The lowest BCUT2D eigenvalue weighted by Gasteiger charge is -2.16. The Hall–Kier alpha value is -3.70. The fourth-order valence-corrected chi connectivity index (χ4v) is 2.21. The number of para-hydroxylation sites is 1. The van der Waals surface area contributed by atoms with Gasteiger partial charge in [-0.25, -0.2) is 22.8 Å². The number of hydrogen-bond donors (Lipinski definition) is 1. The summed E-state index contributed by atoms with van der Waals surface area (Å²) in [6, 6.07) is 2.96. The van der Waals surface area contributed by atoms with E-state index in [4.69, 9.17) is 4.74 Å². The molecule has 0 spiro atoms. The first kappa shape index (κ1) is 23.6. The molecule has 0 heterocycles. The summed E-state index contributed by atoms with van der Waals surface area (Å²) in [5.74, 6) is -8.53. The monoisotopic (exact) mass is 449 g/mol. The fourth-order valence-electron chi connectivity index (χ4n) is 2.21. The van der Waals surface area contributed by atoms with E-state index in [9.17, 15) is 35.9 Å². The molecule has 0 aromatic heterocycles. The maximum atomic E-state index is 14.3. The maximum absolute atomic E-state index is 14.3. The molecule has 0 saturated heterocycles. The normalized spacial score (nSPS) is 11.7. The average Bonchev–Trinajstić information content (AvgIpc) is 2.70. The number of hydrogen-bond acceptors (Lipinski definition) is 6. The highest BCUT2D eigenvalue weighted by atomic mass is 19.4. The second kappa shape index (κ2) is 9.41. The Morgan fingerprint density at radius 1 is 0.968 bits per heavy atom. The molecule has 2 aromatic carbocycles. The van der Waals surface area contributed by atoms with Gasteiger partial charge in [-0.1, -0.05) is 6.07 Å². The number of anilines is 1. The van der Waals surface area contributed by atoms with Crippen molar-refractivity contribution in [2.24, 2.45) is 0 Å². The molecular formula is C19H13F6NO5. The van der Waals surface area contributed by atoms with Gasteiger partial charge in [0, 0.05) is 0 Å². The number of halogens is 6. The number of benzene rings is 2. The summed E-state index contributed by atoms with van der Waals surface area (Å²) in [5, 5.41) is 2.19. The van der Waals surface area contributed by atoms with Gasteiger partial charge >= 0.3 is 18.1 Å². The Morgan fingerprint density at radius 3 is 2.10 bits per heavy atom. The molecule has 0 aliphatic rings. The maximum Gasteiger partial charge on any atom is 0.416 e. The van der Waals surface area contributed by atoms with Crippen LogP contribution in [0.25, 0.3) is 0 Å². The minimum Gasteiger partial charge on any atom is -0.466 e. The van der Waals surface area contributed by atoms with E-state index in [1.54, 1.807) is 0 Å². The summed E-state index contributed by atoms with van der Waals surface area (Å²) in [6.45, 7) is 0. The van der Waals surface area contributed by atoms with Crippen molar-refractivity contribution in [2.75, 3.05) is 19.5 Å². The summed E-state index contributed by atoms with van der Waals surface area (Å²) in [5.41, 5.74) is -2.89. The minimum absolute atomic E-state index is 0.00183. The predicted octanol–water partition coefficient (Wildman–Crippen LogP) is 4.56. The molecule has 2 aromatic rings. The molecule has 12 heteroatoms. The van der Waals surface area contributed by atoms with E-state index in [-0.39, 0.29) is 12.1 Å². The molecule has 0 fully saturated rings. The third-order valence-corrected chi connectivity index (χ3v) is 3.64. The summed E-state index contributed by atoms with van der Waals surface area (Å²) in [6.07, 6.45) is -4.40. The van der Waals surface area contributed by atoms with Gasteiger partial charge in [0.25, 0.3) is 0 Å². The van der Waals surface area contributed by atoms with Crippen molar-refractivity contribution < 1.29 is 50.1 Å². The van der Waals surface area contributed by atoms with E-state index in [1.807, 2.05) is 0 Å². The zero-order valence-electron chi connectivity index (χ0n) is 15.8. The third kappa shape index (κ3) is 5.68. The van der Waals surface area contributed by atoms with Gasteiger partial charge in [-0.2, -0.15) is 13.2 Å². The lowest BCUT2D eigenvalue weighted by atomic mass is 10.2. The Bertz CT molecular complexity index is 1010. The van der Waals surface area contributed by atoms with Gasteiger partial charge < -0.3 is 19.5 Å². The van der Waals surface area contributed by atoms with Gasteiger partial charge in [-0.05, 0) is 24.3 Å². The zero-order chi connectivity index (χ0) is 23.3. The average molecular weight is 449 g/mol. The van der Waals surface area contributed by atoms with Gasteiger partial charge in [0.1, 0.15) is 17.2 Å². The quantitative estimate of drug-likeness (QED) is 0.396. The van der Waals surface area contributed by atoms with Gasteiger partial charge in [0.05, 0.1) is 25.9 Å². The molecule has 0 radical (unpaired) electrons. The Kier molecular flexibility index (Phi) is 7.16. The van der Waals surface area contributed by atoms with Crippen LogP contribution in [0.1, 0.15) is 5.56 Å². The standard InChI is InChI=1S/C19H13F6NO5/c1-29-15(27)8-13(18(28)30-2)26-16-10(20)4-3-5-14(16)31-17-11(21)6-9(7-12(17)22)19(23,24)25/h3-8,26H,1-2H3/b13-8+. The molecule has 0 bridgehead atoms. The van der Waals surface area contributed by atoms with Gasteiger partial charge in [0.15, 0.2) is 23.1 Å². The molecule has 0 unspecified atom stereocenters. The smallest absolute Gasteiger partial charge is 0.416 e. The van der Waals surface area contributed by atoms with Crippen LogP contribution in [0.3, 0.4) is 0 Å². The molecule has 6 nitrogen and oxygen atoms in total. The molecule has 166 valence electrons. The molecule has 2 rings (SSSR count). The highest BCUT2D eigenvalue weighted by Gasteiger charge is 2.33. The molecule has 31 heavy (non-hydrogen) atoms. The highest BCUT2D eigenvalue weighted by Crippen LogP contribution is 2.38. The van der Waals surface area contributed by atoms with E-state index in [2.05, 4.69) is 14.8 Å². The second-order valence-corrected chi connectivity index (χ2v) is 5.68. The van der Waals surface area contributed by atoms with Crippen LogP contribution in [0.15, 0.2) is 42.1 Å². The van der Waals surface area contributed by atoms with Crippen LogP contribution in [-0.2, 0) is 25.2 Å². The van der Waals surface area contributed by atoms with Crippen LogP contribution < -0.4 is 10.1 Å². The summed E-state index contributed by atoms with van der Waals surface area (Å²) >= 11 is 0. The van der Waals surface area contributed by atoms with Crippen molar-refractivity contribution in [3.05, 3.63) is 65.1 Å². The number of nitrogens with one attached hydrogen (secondary N) is 1. The number of ether oxygens (including phenoxy) is 3. The van der Waals surface area contributed by atoms with E-state index in [1.165, 1.54) is 0 Å². The number of carbonyl (C=O) groups excluding carboxylic acids is 2. The molecule has 0 saturated carbocycles. The van der Waals surface area contributed by atoms with Crippen LogP contribution in [0.4, 0.5) is 32.0 Å². The first-order valence-electron chi connectivity index (χ1n) is 8.15. The first-order chi connectivity index (χ1) is 14.5. The van der Waals surface area contributed by atoms with E-state index < -0.39 is 64.0 Å². The van der Waals surface area contributed by atoms with E-state index in [0.717, 1.165) is 32.4 Å². The summed E-state index contributed by atoms with van der Waals surface area (Å²) < 4.78 is 94.4. The number of alkyl halides is 3. The van der Waals surface area contributed by atoms with Crippen LogP contribution in [0, 0.1) is 17.5 Å². The SMILES string of the molecule is COC(=O)/C=C(/Nc1c(F)cccc1Oc1c(F)cc(C(F)(F)F)cc1F)C(=O)OC. The molecule has 0 amide bonds. The van der Waals surface area contributed by atoms with Crippen molar-refractivity contribution in [3.8, 4) is 11.5 Å². The molecular weight excluding hydrogens is 436 g/mol. The van der Waals surface area contributed by atoms with Crippen molar-refractivity contribution in [3.63, 3.8) is 0 Å². The third-order valence-electron chi connectivity index (χ3n) is 3.64. The van der Waals surface area contributed by atoms with Crippen molar-refractivity contribution in [1.82, 2.24) is 0 Å².